The molecule has 33 heavy (non-hydrogen) atoms. The maximum atomic E-state index is 15.0. The van der Waals surface area contributed by atoms with Gasteiger partial charge < -0.3 is 19.6 Å². The number of primary sulfonamides is 1. The van der Waals surface area contributed by atoms with Crippen molar-refractivity contribution in [1.82, 2.24) is 19.6 Å². The van der Waals surface area contributed by atoms with Crippen molar-refractivity contribution in [3.8, 4) is 17.4 Å². The van der Waals surface area contributed by atoms with Crippen LogP contribution in [0.15, 0.2) is 30.7 Å². The minimum absolute atomic E-state index is 0.0136. The Bertz CT molecular complexity index is 1430. The number of halogens is 1. The number of aryl methyl sites for hydroxylation is 2. The third-order valence-corrected chi connectivity index (χ3v) is 5.94. The van der Waals surface area contributed by atoms with Crippen LogP contribution in [0.5, 0.6) is 17.4 Å². The first-order valence-corrected chi connectivity index (χ1v) is 11.6. The number of hydrogen-bond donors (Lipinski definition) is 4. The summed E-state index contributed by atoms with van der Waals surface area (Å²) in [4.78, 5) is 7.19. The number of rotatable bonds is 8. The lowest BCUT2D eigenvalue weighted by atomic mass is 10.2. The van der Waals surface area contributed by atoms with Crippen molar-refractivity contribution in [2.24, 2.45) is 10.9 Å². The van der Waals surface area contributed by atoms with E-state index in [1.54, 1.807) is 19.1 Å². The van der Waals surface area contributed by atoms with Gasteiger partial charge in [-0.25, -0.2) is 22.5 Å². The number of aromatic amines is 1. The summed E-state index contributed by atoms with van der Waals surface area (Å²) in [5.74, 6) is -0.636. The van der Waals surface area contributed by atoms with Crippen LogP contribution in [-0.2, 0) is 10.0 Å². The van der Waals surface area contributed by atoms with Gasteiger partial charge in [-0.15, -0.1) is 0 Å². The summed E-state index contributed by atoms with van der Waals surface area (Å²) in [6, 6.07) is 4.89. The fourth-order valence-corrected chi connectivity index (χ4v) is 4.01. The third-order valence-electron chi connectivity index (χ3n) is 5.13. The highest BCUT2D eigenvalue weighted by Crippen LogP contribution is 2.35. The van der Waals surface area contributed by atoms with Crippen molar-refractivity contribution in [2.75, 3.05) is 5.75 Å². The van der Waals surface area contributed by atoms with Crippen LogP contribution in [0, 0.1) is 19.7 Å². The Morgan fingerprint density at radius 3 is 2.79 bits per heavy atom. The highest BCUT2D eigenvalue weighted by atomic mass is 32.2. The normalized spacial score (nSPS) is 14.0. The second-order valence-electron chi connectivity index (χ2n) is 7.68. The Morgan fingerprint density at radius 1 is 1.30 bits per heavy atom. The molecule has 0 aliphatic carbocycles. The van der Waals surface area contributed by atoms with Gasteiger partial charge in [0, 0.05) is 22.2 Å². The average molecular weight is 479 g/mol. The maximum absolute atomic E-state index is 15.0. The van der Waals surface area contributed by atoms with Crippen molar-refractivity contribution in [1.29, 1.82) is 0 Å². The van der Waals surface area contributed by atoms with Gasteiger partial charge in [0.05, 0.1) is 11.9 Å². The van der Waals surface area contributed by atoms with E-state index >= 15 is 0 Å². The Morgan fingerprint density at radius 2 is 2.06 bits per heavy atom. The Labute approximate surface area is 188 Å². The minimum Gasteiger partial charge on any atom is -0.471 e. The first-order chi connectivity index (χ1) is 15.5. The summed E-state index contributed by atoms with van der Waals surface area (Å²) >= 11 is 0. The third kappa shape index (κ3) is 4.75. The van der Waals surface area contributed by atoms with E-state index < -0.39 is 33.9 Å². The van der Waals surface area contributed by atoms with E-state index in [0.29, 0.717) is 22.0 Å². The van der Waals surface area contributed by atoms with Crippen molar-refractivity contribution in [3.63, 3.8) is 0 Å². The van der Waals surface area contributed by atoms with E-state index in [4.69, 9.17) is 20.3 Å². The fraction of sp³-hybridized carbons (Fsp3) is 0.300. The standard InChI is InChI=1S/C20H23FN6O5S/c1-10-7-12-13(26-10)3-4-15(17(12)21)32-20-18-11(2)16(8-27(18)25-9-24-20)31-19(22)14(28)5-6-33(23,29)30/h3-4,7-9,14,19,26,28H,5-6,22H2,1-2H3,(H2,23,29,30). The average Bonchev–Trinajstić information content (AvgIpc) is 3.28. The molecule has 0 aliphatic rings. The predicted molar refractivity (Wildman–Crippen MR) is 118 cm³/mol. The predicted octanol–water partition coefficient (Wildman–Crippen LogP) is 1.46. The number of aliphatic hydroxyl groups is 1. The number of fused-ring (bicyclic) bond motifs is 2. The van der Waals surface area contributed by atoms with Gasteiger partial charge in [-0.2, -0.15) is 10.1 Å². The van der Waals surface area contributed by atoms with Gasteiger partial charge in [-0.1, -0.05) is 0 Å². The zero-order valence-corrected chi connectivity index (χ0v) is 18.6. The quantitative estimate of drug-likeness (QED) is 0.276. The SMILES string of the molecule is Cc1cc2c(F)c(Oc3ncnn4cc(OC(N)C(O)CCS(N)(=O)=O)c(C)c34)ccc2[nH]1. The van der Waals surface area contributed by atoms with E-state index in [0.717, 1.165) is 5.69 Å². The second-order valence-corrected chi connectivity index (χ2v) is 9.41. The molecule has 0 radical (unpaired) electrons. The number of ether oxygens (including phenoxy) is 2. The van der Waals surface area contributed by atoms with Gasteiger partial charge in [0.1, 0.15) is 23.7 Å². The van der Waals surface area contributed by atoms with Crippen molar-refractivity contribution >= 4 is 26.4 Å². The van der Waals surface area contributed by atoms with E-state index in [1.807, 2.05) is 6.92 Å². The van der Waals surface area contributed by atoms with E-state index in [1.165, 1.54) is 23.1 Å². The summed E-state index contributed by atoms with van der Waals surface area (Å²) < 4.78 is 50.0. The molecule has 0 fully saturated rings. The van der Waals surface area contributed by atoms with Gasteiger partial charge in [0.15, 0.2) is 17.8 Å². The minimum atomic E-state index is -3.75. The van der Waals surface area contributed by atoms with Gasteiger partial charge in [-0.05, 0) is 38.5 Å². The first kappa shape index (κ1) is 22.9. The Balaban J connectivity index is 1.61. The number of aliphatic hydroxyl groups excluding tert-OH is 1. The second kappa shape index (κ2) is 8.59. The molecule has 2 unspecified atom stereocenters. The van der Waals surface area contributed by atoms with E-state index in [-0.39, 0.29) is 23.8 Å². The molecule has 0 saturated heterocycles. The summed E-state index contributed by atoms with van der Waals surface area (Å²) in [7, 11) is -3.75. The lowest BCUT2D eigenvalue weighted by molar-refractivity contribution is 0.0381. The van der Waals surface area contributed by atoms with Crippen molar-refractivity contribution in [2.45, 2.75) is 32.6 Å². The van der Waals surface area contributed by atoms with Crippen molar-refractivity contribution < 1.29 is 27.4 Å². The molecule has 4 rings (SSSR count). The lowest BCUT2D eigenvalue weighted by Crippen LogP contribution is -2.41. The zero-order valence-electron chi connectivity index (χ0n) is 17.8. The van der Waals surface area contributed by atoms with E-state index in [2.05, 4.69) is 15.1 Å². The summed E-state index contributed by atoms with van der Waals surface area (Å²) in [5, 5.41) is 19.6. The highest BCUT2D eigenvalue weighted by Gasteiger charge is 2.23. The topological polar surface area (TPSA) is 171 Å². The lowest BCUT2D eigenvalue weighted by Gasteiger charge is -2.19. The van der Waals surface area contributed by atoms with Gasteiger partial charge in [0.2, 0.25) is 15.9 Å². The van der Waals surface area contributed by atoms with Crippen LogP contribution in [-0.4, -0.2) is 51.2 Å². The Kier molecular flexibility index (Phi) is 5.97. The van der Waals surface area contributed by atoms with Crippen LogP contribution in [0.2, 0.25) is 0 Å². The van der Waals surface area contributed by atoms with Crippen molar-refractivity contribution in [3.05, 3.63) is 47.8 Å². The number of aromatic nitrogens is 4. The number of sulfonamides is 1. The van der Waals surface area contributed by atoms with Crippen LogP contribution < -0.4 is 20.3 Å². The molecule has 0 amide bonds. The molecular formula is C20H23FN6O5S. The number of nitrogens with two attached hydrogens (primary N) is 2. The molecule has 6 N–H and O–H groups in total. The zero-order chi connectivity index (χ0) is 23.9. The molecule has 1 aromatic carbocycles. The number of benzene rings is 1. The first-order valence-electron chi connectivity index (χ1n) is 9.93. The largest absolute Gasteiger partial charge is 0.471 e. The molecule has 11 nitrogen and oxygen atoms in total. The van der Waals surface area contributed by atoms with Gasteiger partial charge in [-0.3, -0.25) is 5.73 Å². The molecular weight excluding hydrogens is 455 g/mol. The van der Waals surface area contributed by atoms with Crippen LogP contribution in [0.25, 0.3) is 16.4 Å². The molecule has 2 atom stereocenters. The Hall–Kier alpha value is -3.26. The smallest absolute Gasteiger partial charge is 0.247 e. The number of nitrogens with zero attached hydrogens (tertiary/aromatic N) is 3. The molecule has 13 heteroatoms. The van der Waals surface area contributed by atoms with Gasteiger partial charge >= 0.3 is 0 Å². The molecule has 0 spiro atoms. The summed E-state index contributed by atoms with van der Waals surface area (Å²) in [5.41, 5.74) is 8.27. The summed E-state index contributed by atoms with van der Waals surface area (Å²) in [6.07, 6.45) is 0.0419. The van der Waals surface area contributed by atoms with E-state index in [9.17, 15) is 17.9 Å². The number of H-pyrrole nitrogens is 1. The maximum Gasteiger partial charge on any atom is 0.247 e. The van der Waals surface area contributed by atoms with Crippen LogP contribution >= 0.6 is 0 Å². The molecule has 3 heterocycles. The van der Waals surface area contributed by atoms with Crippen LogP contribution in [0.1, 0.15) is 17.7 Å². The molecule has 176 valence electrons. The molecule has 0 aliphatic heterocycles. The molecule has 4 aromatic rings. The van der Waals surface area contributed by atoms with Gasteiger partial charge in [0.25, 0.3) is 0 Å². The fourth-order valence-electron chi connectivity index (χ4n) is 3.44. The van der Waals surface area contributed by atoms with Crippen LogP contribution in [0.4, 0.5) is 4.39 Å². The monoisotopic (exact) mass is 478 g/mol. The molecule has 0 saturated carbocycles. The summed E-state index contributed by atoms with van der Waals surface area (Å²) in [6.45, 7) is 3.52. The molecule has 3 aromatic heterocycles. The number of nitrogens with one attached hydrogen (secondary N) is 1. The van der Waals surface area contributed by atoms with Crippen LogP contribution in [0.3, 0.4) is 0 Å². The number of hydrogen-bond acceptors (Lipinski definition) is 8. The molecule has 0 bridgehead atoms. The highest BCUT2D eigenvalue weighted by molar-refractivity contribution is 7.89.